The van der Waals surface area contributed by atoms with E-state index in [9.17, 15) is 13.2 Å². The normalized spacial score (nSPS) is 13.2. The molecule has 0 bridgehead atoms. The summed E-state index contributed by atoms with van der Waals surface area (Å²) >= 11 is 1.54. The van der Waals surface area contributed by atoms with E-state index in [2.05, 4.69) is 9.72 Å². The third-order valence-electron chi connectivity index (χ3n) is 2.64. The molecule has 0 amide bonds. The summed E-state index contributed by atoms with van der Waals surface area (Å²) in [7, 11) is 0. The van der Waals surface area contributed by atoms with Crippen molar-refractivity contribution in [2.75, 3.05) is 0 Å². The molecule has 108 valence electrons. The maximum atomic E-state index is 12.0. The van der Waals surface area contributed by atoms with Gasteiger partial charge in [0.25, 0.3) is 0 Å². The highest BCUT2D eigenvalue weighted by Gasteiger charge is 2.31. The van der Waals surface area contributed by atoms with Crippen LogP contribution in [0, 0.1) is 6.92 Å². The van der Waals surface area contributed by atoms with E-state index in [1.54, 1.807) is 0 Å². The van der Waals surface area contributed by atoms with Crippen LogP contribution in [0.25, 0.3) is 0 Å². The van der Waals surface area contributed by atoms with E-state index in [1.165, 1.54) is 35.6 Å². The molecule has 1 aromatic heterocycles. The number of aromatic nitrogens is 1. The summed E-state index contributed by atoms with van der Waals surface area (Å²) in [5, 5.41) is 2.89. The highest BCUT2D eigenvalue weighted by molar-refractivity contribution is 7.09. The number of hydrogen-bond donors (Lipinski definition) is 1. The zero-order chi connectivity index (χ0) is 14.8. The second-order valence-corrected chi connectivity index (χ2v) is 5.35. The van der Waals surface area contributed by atoms with E-state index in [4.69, 9.17) is 5.73 Å². The number of thiazole rings is 1. The van der Waals surface area contributed by atoms with Crippen molar-refractivity contribution in [3.05, 3.63) is 45.9 Å². The highest BCUT2D eigenvalue weighted by Crippen LogP contribution is 2.25. The molecule has 1 unspecified atom stereocenters. The van der Waals surface area contributed by atoms with Gasteiger partial charge in [-0.3, -0.25) is 0 Å². The minimum absolute atomic E-state index is 0.252. The van der Waals surface area contributed by atoms with Crippen LogP contribution in [0.2, 0.25) is 0 Å². The molecular weight excluding hydrogens is 289 g/mol. The van der Waals surface area contributed by atoms with E-state index < -0.39 is 6.36 Å². The molecule has 7 heteroatoms. The number of halogens is 3. The lowest BCUT2D eigenvalue weighted by molar-refractivity contribution is -0.274. The van der Waals surface area contributed by atoms with Crippen LogP contribution >= 0.6 is 11.3 Å². The van der Waals surface area contributed by atoms with Gasteiger partial charge < -0.3 is 10.5 Å². The van der Waals surface area contributed by atoms with E-state index in [0.717, 1.165) is 16.3 Å². The Labute approximate surface area is 118 Å². The molecule has 0 spiro atoms. The Kier molecular flexibility index (Phi) is 4.29. The van der Waals surface area contributed by atoms with Crippen LogP contribution in [0.15, 0.2) is 29.6 Å². The standard InChI is InChI=1S/C13H13F3N2OS/c1-8-18-10(7-20-8)6-12(17)9-2-4-11(5-3-9)19-13(14,15)16/h2-5,7,12H,6,17H2,1H3. The van der Waals surface area contributed by atoms with Crippen LogP contribution in [-0.2, 0) is 6.42 Å². The number of benzene rings is 1. The van der Waals surface area contributed by atoms with Gasteiger partial charge in [-0.05, 0) is 24.6 Å². The SMILES string of the molecule is Cc1nc(CC(N)c2ccc(OC(F)(F)F)cc2)cs1. The lowest BCUT2D eigenvalue weighted by Gasteiger charge is -2.12. The Bertz CT molecular complexity index is 566. The number of nitrogens with zero attached hydrogens (tertiary/aromatic N) is 1. The second-order valence-electron chi connectivity index (χ2n) is 4.29. The summed E-state index contributed by atoms with van der Waals surface area (Å²) in [6.07, 6.45) is -4.13. The van der Waals surface area contributed by atoms with E-state index in [1.807, 2.05) is 12.3 Å². The second kappa shape index (κ2) is 5.80. The Balaban J connectivity index is 2.02. The third-order valence-corrected chi connectivity index (χ3v) is 3.46. The van der Waals surface area contributed by atoms with Crippen LogP contribution in [-0.4, -0.2) is 11.3 Å². The molecule has 1 atom stereocenters. The number of aryl methyl sites for hydroxylation is 1. The third kappa shape index (κ3) is 4.21. The van der Waals surface area contributed by atoms with Gasteiger partial charge in [-0.15, -0.1) is 24.5 Å². The topological polar surface area (TPSA) is 48.1 Å². The molecule has 0 aliphatic rings. The Morgan fingerprint density at radius 3 is 2.45 bits per heavy atom. The lowest BCUT2D eigenvalue weighted by atomic mass is 10.0. The summed E-state index contributed by atoms with van der Waals surface area (Å²) in [5.74, 6) is -0.252. The Morgan fingerprint density at radius 1 is 1.30 bits per heavy atom. The van der Waals surface area contributed by atoms with Crippen molar-refractivity contribution in [1.82, 2.24) is 4.98 Å². The number of hydrogen-bond acceptors (Lipinski definition) is 4. The average molecular weight is 302 g/mol. The fourth-order valence-electron chi connectivity index (χ4n) is 1.76. The fourth-order valence-corrected chi connectivity index (χ4v) is 2.39. The number of ether oxygens (including phenoxy) is 1. The molecule has 0 aliphatic carbocycles. The predicted octanol–water partition coefficient (Wildman–Crippen LogP) is 3.59. The molecule has 1 heterocycles. The van der Waals surface area contributed by atoms with E-state index >= 15 is 0 Å². The minimum Gasteiger partial charge on any atom is -0.406 e. The lowest BCUT2D eigenvalue weighted by Crippen LogP contribution is -2.17. The van der Waals surface area contributed by atoms with Gasteiger partial charge in [-0.25, -0.2) is 4.98 Å². The number of nitrogens with two attached hydrogens (primary N) is 1. The first-order chi connectivity index (χ1) is 9.33. The maximum Gasteiger partial charge on any atom is 0.573 e. The van der Waals surface area contributed by atoms with Crippen molar-refractivity contribution in [3.63, 3.8) is 0 Å². The molecule has 1 aromatic carbocycles. The summed E-state index contributed by atoms with van der Waals surface area (Å²) < 4.78 is 39.9. The summed E-state index contributed by atoms with van der Waals surface area (Å²) in [6, 6.07) is 5.27. The van der Waals surface area contributed by atoms with Gasteiger partial charge >= 0.3 is 6.36 Å². The minimum atomic E-state index is -4.68. The molecular formula is C13H13F3N2OS. The van der Waals surface area contributed by atoms with Crippen molar-refractivity contribution in [2.24, 2.45) is 5.73 Å². The molecule has 2 N–H and O–H groups in total. The van der Waals surface area contributed by atoms with Crippen LogP contribution < -0.4 is 10.5 Å². The first-order valence-corrected chi connectivity index (χ1v) is 6.74. The molecule has 0 fully saturated rings. The zero-order valence-electron chi connectivity index (χ0n) is 10.6. The maximum absolute atomic E-state index is 12.0. The molecule has 2 aromatic rings. The van der Waals surface area contributed by atoms with Gasteiger partial charge in [0, 0.05) is 17.8 Å². The summed E-state index contributed by atoms with van der Waals surface area (Å²) in [5.41, 5.74) is 7.64. The van der Waals surface area contributed by atoms with Gasteiger partial charge in [0.05, 0.1) is 10.7 Å². The quantitative estimate of drug-likeness (QED) is 0.939. The van der Waals surface area contributed by atoms with Crippen molar-refractivity contribution in [2.45, 2.75) is 25.7 Å². The Hall–Kier alpha value is -1.60. The Morgan fingerprint density at radius 2 is 1.95 bits per heavy atom. The predicted molar refractivity (Wildman–Crippen MR) is 70.6 cm³/mol. The number of alkyl halides is 3. The molecule has 0 aliphatic heterocycles. The van der Waals surface area contributed by atoms with Gasteiger partial charge in [0.1, 0.15) is 5.75 Å². The van der Waals surface area contributed by atoms with Gasteiger partial charge in [-0.2, -0.15) is 0 Å². The monoisotopic (exact) mass is 302 g/mol. The van der Waals surface area contributed by atoms with Crippen LogP contribution in [0.3, 0.4) is 0 Å². The first-order valence-electron chi connectivity index (χ1n) is 5.86. The van der Waals surface area contributed by atoms with Gasteiger partial charge in [0.15, 0.2) is 0 Å². The largest absolute Gasteiger partial charge is 0.573 e. The van der Waals surface area contributed by atoms with E-state index in [0.29, 0.717) is 6.42 Å². The number of rotatable bonds is 4. The molecule has 20 heavy (non-hydrogen) atoms. The van der Waals surface area contributed by atoms with Gasteiger partial charge in [0.2, 0.25) is 0 Å². The van der Waals surface area contributed by atoms with Crippen LogP contribution in [0.5, 0.6) is 5.75 Å². The average Bonchev–Trinajstić information content (AvgIpc) is 2.73. The van der Waals surface area contributed by atoms with Crippen molar-refractivity contribution < 1.29 is 17.9 Å². The van der Waals surface area contributed by atoms with Crippen molar-refractivity contribution >= 4 is 11.3 Å². The summed E-state index contributed by atoms with van der Waals surface area (Å²) in [4.78, 5) is 4.31. The van der Waals surface area contributed by atoms with E-state index in [-0.39, 0.29) is 11.8 Å². The molecule has 2 rings (SSSR count). The fraction of sp³-hybridized carbons (Fsp3) is 0.308. The molecule has 3 nitrogen and oxygen atoms in total. The highest BCUT2D eigenvalue weighted by atomic mass is 32.1. The van der Waals surface area contributed by atoms with Crippen LogP contribution in [0.1, 0.15) is 22.3 Å². The molecule has 0 radical (unpaired) electrons. The molecule has 0 saturated heterocycles. The first kappa shape index (κ1) is 14.8. The van der Waals surface area contributed by atoms with Crippen molar-refractivity contribution in [3.8, 4) is 5.75 Å². The molecule has 0 saturated carbocycles. The summed E-state index contributed by atoms with van der Waals surface area (Å²) in [6.45, 7) is 1.91. The smallest absolute Gasteiger partial charge is 0.406 e. The van der Waals surface area contributed by atoms with Crippen LogP contribution in [0.4, 0.5) is 13.2 Å². The van der Waals surface area contributed by atoms with Gasteiger partial charge in [-0.1, -0.05) is 12.1 Å². The zero-order valence-corrected chi connectivity index (χ0v) is 11.5. The van der Waals surface area contributed by atoms with Crippen molar-refractivity contribution in [1.29, 1.82) is 0 Å².